The van der Waals surface area contributed by atoms with Crippen LogP contribution in [0.15, 0.2) is 79.2 Å². The number of carbonyl (C=O) groups is 2. The highest BCUT2D eigenvalue weighted by molar-refractivity contribution is 7.14. The van der Waals surface area contributed by atoms with Crippen molar-refractivity contribution in [1.82, 2.24) is 9.88 Å². The Morgan fingerprint density at radius 2 is 1.79 bits per heavy atom. The lowest BCUT2D eigenvalue weighted by Crippen LogP contribution is -2.40. The zero-order valence-electron chi connectivity index (χ0n) is 15.7. The molecule has 1 aliphatic heterocycles. The molecule has 0 spiro atoms. The number of rotatable bonds is 6. The van der Waals surface area contributed by atoms with Gasteiger partial charge >= 0.3 is 0 Å². The smallest absolute Gasteiger partial charge is 0.259 e. The summed E-state index contributed by atoms with van der Waals surface area (Å²) < 4.78 is 0. The van der Waals surface area contributed by atoms with E-state index in [1.165, 1.54) is 16.2 Å². The second-order valence-electron chi connectivity index (χ2n) is 6.56. The van der Waals surface area contributed by atoms with Crippen LogP contribution in [0.3, 0.4) is 0 Å². The first kappa shape index (κ1) is 18.8. The summed E-state index contributed by atoms with van der Waals surface area (Å²) in [5.74, 6) is -0.442. The van der Waals surface area contributed by atoms with E-state index in [4.69, 9.17) is 0 Å². The van der Waals surface area contributed by atoms with Crippen molar-refractivity contribution in [3.8, 4) is 11.3 Å². The number of thiazole rings is 1. The number of hydrogen-bond acceptors (Lipinski definition) is 4. The summed E-state index contributed by atoms with van der Waals surface area (Å²) in [4.78, 5) is 33.4. The van der Waals surface area contributed by atoms with Crippen LogP contribution in [-0.4, -0.2) is 34.8 Å². The molecule has 0 aliphatic carbocycles. The molecule has 2 aromatic carbocycles. The van der Waals surface area contributed by atoms with E-state index in [9.17, 15) is 9.59 Å². The molecule has 0 atom stereocenters. The molecule has 0 unspecified atom stereocenters. The largest absolute Gasteiger partial charge is 0.299 e. The van der Waals surface area contributed by atoms with Gasteiger partial charge in [0.15, 0.2) is 5.13 Å². The van der Waals surface area contributed by atoms with Crippen molar-refractivity contribution in [3.05, 3.63) is 90.3 Å². The number of nitrogens with zero attached hydrogens (tertiary/aromatic N) is 3. The number of hydrogen-bond donors (Lipinski definition) is 0. The van der Waals surface area contributed by atoms with Crippen molar-refractivity contribution >= 4 is 34.0 Å². The lowest BCUT2D eigenvalue weighted by atomic mass is 10.1. The summed E-state index contributed by atoms with van der Waals surface area (Å²) in [5, 5.41) is 2.49. The van der Waals surface area contributed by atoms with Crippen LogP contribution in [0.5, 0.6) is 0 Å². The molecule has 2 heterocycles. The minimum absolute atomic E-state index is 0.0968. The molecule has 1 aromatic heterocycles. The van der Waals surface area contributed by atoms with Gasteiger partial charge in [0.1, 0.15) is 6.54 Å². The molecule has 6 heteroatoms. The highest BCUT2D eigenvalue weighted by Crippen LogP contribution is 2.32. The van der Waals surface area contributed by atoms with Crippen LogP contribution in [0.2, 0.25) is 0 Å². The summed E-state index contributed by atoms with van der Waals surface area (Å²) in [7, 11) is 0. The fraction of sp³-hybridized carbons (Fsp3) is 0.0870. The number of fused-ring (bicyclic) bond motifs is 1. The number of aromatic nitrogens is 1. The van der Waals surface area contributed by atoms with E-state index >= 15 is 0 Å². The number of amides is 2. The maximum Gasteiger partial charge on any atom is 0.259 e. The molecule has 0 radical (unpaired) electrons. The van der Waals surface area contributed by atoms with Gasteiger partial charge in [-0.2, -0.15) is 0 Å². The average molecular weight is 401 g/mol. The Labute approximate surface area is 173 Å². The Bertz CT molecular complexity index is 1070. The standard InChI is InChI=1S/C23H19N3O2S/c1-3-13-25(23-24-20(15-29-23)17-9-5-4-6-10-17)21(27)14-26-16(2)18-11-7-8-12-19(18)22(26)28/h3-12,15H,1-2,13-14H2. The molecular formula is C23H19N3O2S. The first-order chi connectivity index (χ1) is 14.1. The summed E-state index contributed by atoms with van der Waals surface area (Å²) in [6.07, 6.45) is 1.65. The minimum Gasteiger partial charge on any atom is -0.299 e. The summed E-state index contributed by atoms with van der Waals surface area (Å²) >= 11 is 1.39. The maximum absolute atomic E-state index is 13.1. The van der Waals surface area contributed by atoms with Crippen LogP contribution >= 0.6 is 11.3 Å². The highest BCUT2D eigenvalue weighted by Gasteiger charge is 2.33. The molecule has 1 aliphatic rings. The van der Waals surface area contributed by atoms with Crippen LogP contribution in [0, 0.1) is 0 Å². The van der Waals surface area contributed by atoms with Gasteiger partial charge in [-0.15, -0.1) is 17.9 Å². The molecule has 144 valence electrons. The van der Waals surface area contributed by atoms with Gasteiger partial charge in [0.05, 0.1) is 5.69 Å². The Morgan fingerprint density at radius 1 is 1.10 bits per heavy atom. The molecule has 0 N–H and O–H groups in total. The molecule has 0 saturated carbocycles. The highest BCUT2D eigenvalue weighted by atomic mass is 32.1. The second kappa shape index (κ2) is 7.85. The van der Waals surface area contributed by atoms with Crippen LogP contribution in [-0.2, 0) is 4.79 Å². The predicted octanol–water partition coefficient (Wildman–Crippen LogP) is 4.46. The Morgan fingerprint density at radius 3 is 2.48 bits per heavy atom. The minimum atomic E-state index is -0.235. The zero-order valence-corrected chi connectivity index (χ0v) is 16.6. The quantitative estimate of drug-likeness (QED) is 0.573. The first-order valence-electron chi connectivity index (χ1n) is 9.12. The third-order valence-corrected chi connectivity index (χ3v) is 5.60. The number of anilines is 1. The molecule has 0 bridgehead atoms. The topological polar surface area (TPSA) is 53.5 Å². The van der Waals surface area contributed by atoms with E-state index in [-0.39, 0.29) is 18.4 Å². The van der Waals surface area contributed by atoms with E-state index in [1.54, 1.807) is 23.1 Å². The fourth-order valence-electron chi connectivity index (χ4n) is 3.27. The Hall–Kier alpha value is -3.51. The molecule has 29 heavy (non-hydrogen) atoms. The lowest BCUT2D eigenvalue weighted by molar-refractivity contribution is -0.118. The molecule has 5 nitrogen and oxygen atoms in total. The maximum atomic E-state index is 13.1. The van der Waals surface area contributed by atoms with Crippen molar-refractivity contribution in [1.29, 1.82) is 0 Å². The molecule has 0 fully saturated rings. The SMILES string of the molecule is C=CCN(C(=O)CN1C(=C)c2ccccc2C1=O)c1nc(-c2ccccc2)cs1. The summed E-state index contributed by atoms with van der Waals surface area (Å²) in [6.45, 7) is 7.97. The number of carbonyl (C=O) groups excluding carboxylic acids is 2. The van der Waals surface area contributed by atoms with Crippen LogP contribution < -0.4 is 4.90 Å². The van der Waals surface area contributed by atoms with Crippen molar-refractivity contribution in [2.45, 2.75) is 0 Å². The van der Waals surface area contributed by atoms with Crippen molar-refractivity contribution in [2.24, 2.45) is 0 Å². The summed E-state index contributed by atoms with van der Waals surface area (Å²) in [5.41, 5.74) is 3.67. The van der Waals surface area contributed by atoms with Crippen LogP contribution in [0.25, 0.3) is 17.0 Å². The van der Waals surface area contributed by atoms with Crippen molar-refractivity contribution < 1.29 is 9.59 Å². The monoisotopic (exact) mass is 401 g/mol. The van der Waals surface area contributed by atoms with E-state index in [0.717, 1.165) is 16.8 Å². The predicted molar refractivity (Wildman–Crippen MR) is 117 cm³/mol. The van der Waals surface area contributed by atoms with Gasteiger partial charge < -0.3 is 0 Å². The normalized spacial score (nSPS) is 12.8. The first-order valence-corrected chi connectivity index (χ1v) is 10.0. The van der Waals surface area contributed by atoms with Gasteiger partial charge in [-0.25, -0.2) is 4.98 Å². The van der Waals surface area contributed by atoms with Gasteiger partial charge in [-0.1, -0.05) is 61.2 Å². The average Bonchev–Trinajstić information content (AvgIpc) is 3.33. The van der Waals surface area contributed by atoms with Gasteiger partial charge in [-0.05, 0) is 6.07 Å². The van der Waals surface area contributed by atoms with Gasteiger partial charge in [-0.3, -0.25) is 19.4 Å². The van der Waals surface area contributed by atoms with Crippen LogP contribution in [0.4, 0.5) is 5.13 Å². The van der Waals surface area contributed by atoms with Gasteiger partial charge in [0.25, 0.3) is 5.91 Å². The summed E-state index contributed by atoms with van der Waals surface area (Å²) in [6, 6.07) is 17.0. The van der Waals surface area contributed by atoms with Crippen molar-refractivity contribution in [2.75, 3.05) is 18.0 Å². The Balaban J connectivity index is 1.56. The lowest BCUT2D eigenvalue weighted by Gasteiger charge is -2.23. The molecule has 4 rings (SSSR count). The molecule has 0 saturated heterocycles. The number of benzene rings is 2. The Kier molecular flexibility index (Phi) is 5.10. The van der Waals surface area contributed by atoms with Gasteiger partial charge in [0.2, 0.25) is 5.91 Å². The third kappa shape index (κ3) is 3.50. The second-order valence-corrected chi connectivity index (χ2v) is 7.39. The molecule has 3 aromatic rings. The zero-order chi connectivity index (χ0) is 20.4. The third-order valence-electron chi connectivity index (χ3n) is 4.74. The molecular weight excluding hydrogens is 382 g/mol. The van der Waals surface area contributed by atoms with E-state index in [0.29, 0.717) is 22.9 Å². The van der Waals surface area contributed by atoms with Crippen molar-refractivity contribution in [3.63, 3.8) is 0 Å². The fourth-order valence-corrected chi connectivity index (χ4v) is 4.13. The van der Waals surface area contributed by atoms with Gasteiger partial charge in [0, 0.05) is 34.3 Å². The van der Waals surface area contributed by atoms with E-state index in [1.807, 2.05) is 47.8 Å². The van der Waals surface area contributed by atoms with E-state index in [2.05, 4.69) is 18.1 Å². The van der Waals surface area contributed by atoms with E-state index < -0.39 is 0 Å². The molecule has 2 amide bonds. The van der Waals surface area contributed by atoms with Crippen LogP contribution in [0.1, 0.15) is 15.9 Å².